The highest BCUT2D eigenvalue weighted by molar-refractivity contribution is 5.60. The third kappa shape index (κ3) is 2.68. The van der Waals surface area contributed by atoms with Gasteiger partial charge in [0.15, 0.2) is 0 Å². The van der Waals surface area contributed by atoms with Crippen molar-refractivity contribution in [1.29, 1.82) is 0 Å². The predicted octanol–water partition coefficient (Wildman–Crippen LogP) is 2.12. The molecule has 0 atom stereocenters. The number of aromatic nitrogens is 2. The van der Waals surface area contributed by atoms with Crippen LogP contribution >= 0.6 is 0 Å². The highest BCUT2D eigenvalue weighted by Gasteiger charge is 2.10. The molecule has 90 valence electrons. The molecule has 0 bridgehead atoms. The van der Waals surface area contributed by atoms with E-state index >= 15 is 0 Å². The van der Waals surface area contributed by atoms with Crippen LogP contribution in [0.5, 0.6) is 0 Å². The van der Waals surface area contributed by atoms with Gasteiger partial charge in [0, 0.05) is 24.2 Å². The van der Waals surface area contributed by atoms with E-state index < -0.39 is 11.6 Å². The van der Waals surface area contributed by atoms with Crippen LogP contribution in [0.2, 0.25) is 0 Å². The monoisotopic (exact) mass is 237 g/mol. The lowest BCUT2D eigenvalue weighted by Crippen LogP contribution is -2.10. The molecule has 0 fully saturated rings. The van der Waals surface area contributed by atoms with E-state index in [4.69, 9.17) is 0 Å². The average Bonchev–Trinajstić information content (AvgIpc) is 2.78. The van der Waals surface area contributed by atoms with Crippen LogP contribution < -0.4 is 5.32 Å². The summed E-state index contributed by atoms with van der Waals surface area (Å²) >= 11 is 0. The zero-order valence-electron chi connectivity index (χ0n) is 9.43. The fraction of sp³-hybridized carbons (Fsp3) is 0.250. The Morgan fingerprint density at radius 3 is 2.88 bits per heavy atom. The molecular formula is C12H13F2N3. The van der Waals surface area contributed by atoms with Gasteiger partial charge >= 0.3 is 0 Å². The lowest BCUT2D eigenvalue weighted by atomic mass is 10.1. The second-order valence-corrected chi connectivity index (χ2v) is 3.76. The highest BCUT2D eigenvalue weighted by Crippen LogP contribution is 2.22. The van der Waals surface area contributed by atoms with E-state index in [9.17, 15) is 8.78 Å². The van der Waals surface area contributed by atoms with Crippen molar-refractivity contribution in [2.24, 2.45) is 0 Å². The van der Waals surface area contributed by atoms with Gasteiger partial charge in [-0.25, -0.2) is 8.78 Å². The van der Waals surface area contributed by atoms with Gasteiger partial charge in [0.2, 0.25) is 0 Å². The molecule has 0 radical (unpaired) electrons. The van der Waals surface area contributed by atoms with E-state index in [0.717, 1.165) is 36.9 Å². The summed E-state index contributed by atoms with van der Waals surface area (Å²) in [5, 5.41) is 9.79. The minimum atomic E-state index is -0.474. The Kier molecular flexibility index (Phi) is 3.49. The molecule has 0 saturated heterocycles. The number of nitrogens with one attached hydrogen (secondary N) is 2. The Morgan fingerprint density at radius 1 is 1.29 bits per heavy atom. The fourth-order valence-electron chi connectivity index (χ4n) is 1.58. The number of H-pyrrole nitrogens is 1. The average molecular weight is 237 g/mol. The molecule has 1 aromatic carbocycles. The first kappa shape index (κ1) is 11.7. The summed E-state index contributed by atoms with van der Waals surface area (Å²) in [7, 11) is 1.85. The maximum Gasteiger partial charge on any atom is 0.132 e. The van der Waals surface area contributed by atoms with Crippen molar-refractivity contribution in [2.75, 3.05) is 13.6 Å². The van der Waals surface area contributed by atoms with Gasteiger partial charge in [-0.15, -0.1) is 0 Å². The third-order valence-electron chi connectivity index (χ3n) is 2.48. The zero-order valence-corrected chi connectivity index (χ0v) is 9.43. The Balaban J connectivity index is 2.27. The Bertz CT molecular complexity index is 508. The van der Waals surface area contributed by atoms with Gasteiger partial charge in [0.25, 0.3) is 0 Å². The van der Waals surface area contributed by atoms with Crippen LogP contribution in [-0.4, -0.2) is 23.8 Å². The van der Waals surface area contributed by atoms with E-state index in [-0.39, 0.29) is 5.56 Å². The van der Waals surface area contributed by atoms with E-state index in [1.807, 2.05) is 7.05 Å². The van der Waals surface area contributed by atoms with Crippen molar-refractivity contribution in [3.63, 3.8) is 0 Å². The summed E-state index contributed by atoms with van der Waals surface area (Å²) in [6.07, 6.45) is 0.764. The normalized spacial score (nSPS) is 10.8. The van der Waals surface area contributed by atoms with Crippen LogP contribution in [0, 0.1) is 11.6 Å². The van der Waals surface area contributed by atoms with Crippen LogP contribution in [0.4, 0.5) is 8.78 Å². The van der Waals surface area contributed by atoms with Gasteiger partial charge in [-0.05, 0) is 31.3 Å². The first-order chi connectivity index (χ1) is 8.20. The number of halogens is 2. The van der Waals surface area contributed by atoms with Crippen molar-refractivity contribution >= 4 is 0 Å². The number of hydrogen-bond acceptors (Lipinski definition) is 2. The lowest BCUT2D eigenvalue weighted by molar-refractivity contribution is 0.602. The molecule has 0 amide bonds. The van der Waals surface area contributed by atoms with Gasteiger partial charge in [-0.2, -0.15) is 5.10 Å². The minimum absolute atomic E-state index is 0.178. The molecule has 2 aromatic rings. The minimum Gasteiger partial charge on any atom is -0.319 e. The molecule has 1 heterocycles. The molecule has 0 aliphatic rings. The highest BCUT2D eigenvalue weighted by atomic mass is 19.1. The SMILES string of the molecule is CNCCc1cc(-c2cc(F)ccc2F)n[nH]1. The van der Waals surface area contributed by atoms with E-state index in [0.29, 0.717) is 5.69 Å². The standard InChI is InChI=1S/C12H13F2N3/c1-15-5-4-9-7-12(17-16-9)10-6-8(13)2-3-11(10)14/h2-3,6-7,15H,4-5H2,1H3,(H,16,17). The molecule has 0 aliphatic heterocycles. The quantitative estimate of drug-likeness (QED) is 0.855. The van der Waals surface area contributed by atoms with E-state index in [1.54, 1.807) is 6.07 Å². The lowest BCUT2D eigenvalue weighted by Gasteiger charge is -1.98. The second kappa shape index (κ2) is 5.05. The smallest absolute Gasteiger partial charge is 0.132 e. The molecule has 3 nitrogen and oxygen atoms in total. The van der Waals surface area contributed by atoms with E-state index in [1.165, 1.54) is 0 Å². The van der Waals surface area contributed by atoms with Crippen molar-refractivity contribution in [3.05, 3.63) is 41.6 Å². The van der Waals surface area contributed by atoms with Crippen LogP contribution in [0.15, 0.2) is 24.3 Å². The molecule has 0 unspecified atom stereocenters. The predicted molar refractivity (Wildman–Crippen MR) is 61.6 cm³/mol. The summed E-state index contributed by atoms with van der Waals surface area (Å²) in [5.41, 5.74) is 1.49. The first-order valence-corrected chi connectivity index (χ1v) is 5.35. The van der Waals surface area contributed by atoms with Gasteiger partial charge < -0.3 is 5.32 Å². The van der Waals surface area contributed by atoms with Crippen LogP contribution in [0.25, 0.3) is 11.3 Å². The van der Waals surface area contributed by atoms with Crippen molar-refractivity contribution in [3.8, 4) is 11.3 Å². The summed E-state index contributed by atoms with van der Waals surface area (Å²) in [5.74, 6) is -0.945. The maximum atomic E-state index is 13.5. The Labute approximate surface area is 97.9 Å². The van der Waals surface area contributed by atoms with E-state index in [2.05, 4.69) is 15.5 Å². The molecule has 17 heavy (non-hydrogen) atoms. The summed E-state index contributed by atoms with van der Waals surface area (Å²) in [6.45, 7) is 0.799. The Morgan fingerprint density at radius 2 is 2.12 bits per heavy atom. The van der Waals surface area contributed by atoms with Gasteiger partial charge in [0.05, 0.1) is 5.69 Å². The van der Waals surface area contributed by atoms with Crippen molar-refractivity contribution < 1.29 is 8.78 Å². The van der Waals surface area contributed by atoms with Crippen molar-refractivity contribution in [1.82, 2.24) is 15.5 Å². The third-order valence-corrected chi connectivity index (χ3v) is 2.48. The Hall–Kier alpha value is -1.75. The van der Waals surface area contributed by atoms with Crippen LogP contribution in [0.3, 0.4) is 0 Å². The zero-order chi connectivity index (χ0) is 12.3. The molecule has 0 spiro atoms. The summed E-state index contributed by atoms with van der Waals surface area (Å²) in [4.78, 5) is 0. The largest absolute Gasteiger partial charge is 0.319 e. The first-order valence-electron chi connectivity index (χ1n) is 5.35. The van der Waals surface area contributed by atoms with Crippen LogP contribution in [0.1, 0.15) is 5.69 Å². The van der Waals surface area contributed by atoms with Crippen molar-refractivity contribution in [2.45, 2.75) is 6.42 Å². The molecule has 0 saturated carbocycles. The summed E-state index contributed by atoms with van der Waals surface area (Å²) < 4.78 is 26.5. The molecule has 2 N–H and O–H groups in total. The number of rotatable bonds is 4. The second-order valence-electron chi connectivity index (χ2n) is 3.76. The van der Waals surface area contributed by atoms with Gasteiger partial charge in [-0.3, -0.25) is 5.10 Å². The molecule has 0 aliphatic carbocycles. The number of hydrogen-bond donors (Lipinski definition) is 2. The van der Waals surface area contributed by atoms with Gasteiger partial charge in [0.1, 0.15) is 11.6 Å². The number of likely N-dealkylation sites (N-methyl/N-ethyl adjacent to an activating group) is 1. The molecule has 1 aromatic heterocycles. The van der Waals surface area contributed by atoms with Crippen LogP contribution in [-0.2, 0) is 6.42 Å². The molecule has 2 rings (SSSR count). The topological polar surface area (TPSA) is 40.7 Å². The van der Waals surface area contributed by atoms with Gasteiger partial charge in [-0.1, -0.05) is 0 Å². The number of benzene rings is 1. The summed E-state index contributed by atoms with van der Waals surface area (Å²) in [6, 6.07) is 5.07. The fourth-order valence-corrected chi connectivity index (χ4v) is 1.58. The maximum absolute atomic E-state index is 13.5. The molecular weight excluding hydrogens is 224 g/mol. The molecule has 5 heteroatoms. The number of nitrogens with zero attached hydrogens (tertiary/aromatic N) is 1. The number of aromatic amines is 1.